The number of nitrogens with two attached hydrogens (primary N) is 1. The smallest absolute Gasteiger partial charge is 0.225 e. The monoisotopic (exact) mass is 402 g/mol. The Bertz CT molecular complexity index is 1070. The summed E-state index contributed by atoms with van der Waals surface area (Å²) in [5.74, 6) is 1.37. The van der Waals surface area contributed by atoms with Gasteiger partial charge in [0.05, 0.1) is 5.52 Å². The topological polar surface area (TPSA) is 82.5 Å². The summed E-state index contributed by atoms with van der Waals surface area (Å²) in [7, 11) is 0. The third-order valence-electron chi connectivity index (χ3n) is 3.74. The van der Waals surface area contributed by atoms with Gasteiger partial charge in [-0.05, 0) is 29.8 Å². The van der Waals surface area contributed by atoms with Gasteiger partial charge in [-0.25, -0.2) is 9.97 Å². The van der Waals surface area contributed by atoms with Crippen LogP contribution in [0.3, 0.4) is 0 Å². The molecule has 0 aliphatic rings. The Morgan fingerprint density at radius 2 is 1.77 bits per heavy atom. The van der Waals surface area contributed by atoms with Crippen LogP contribution in [0.25, 0.3) is 16.7 Å². The van der Waals surface area contributed by atoms with Gasteiger partial charge in [0, 0.05) is 21.2 Å². The van der Waals surface area contributed by atoms with Gasteiger partial charge in [-0.1, -0.05) is 53.2 Å². The Morgan fingerprint density at radius 3 is 2.58 bits per heavy atom. The largest absolute Gasteiger partial charge is 0.368 e. The molecule has 9 heteroatoms. The van der Waals surface area contributed by atoms with Gasteiger partial charge >= 0.3 is 0 Å². The second-order valence-electron chi connectivity index (χ2n) is 5.37. The average molecular weight is 403 g/mol. The highest BCUT2D eigenvalue weighted by Gasteiger charge is 2.14. The van der Waals surface area contributed by atoms with Gasteiger partial charge in [0.1, 0.15) is 6.33 Å². The molecule has 4 aromatic rings. The van der Waals surface area contributed by atoms with E-state index < -0.39 is 0 Å². The zero-order valence-corrected chi connectivity index (χ0v) is 15.6. The van der Waals surface area contributed by atoms with Crippen molar-refractivity contribution in [2.75, 3.05) is 5.73 Å². The van der Waals surface area contributed by atoms with Crippen LogP contribution in [-0.4, -0.2) is 24.7 Å². The molecule has 0 radical (unpaired) electrons. The molecule has 0 fully saturated rings. The average Bonchev–Trinajstić information content (AvgIpc) is 3.01. The molecule has 4 rings (SSSR count). The van der Waals surface area contributed by atoms with E-state index in [1.54, 1.807) is 12.1 Å². The molecule has 130 valence electrons. The van der Waals surface area contributed by atoms with Crippen LogP contribution in [0.5, 0.6) is 0 Å². The summed E-state index contributed by atoms with van der Waals surface area (Å²) in [6.07, 6.45) is 1.48. The van der Waals surface area contributed by atoms with E-state index in [0.717, 1.165) is 16.5 Å². The fourth-order valence-corrected chi connectivity index (χ4v) is 4.06. The number of nitrogen functional groups attached to an aromatic ring is 1. The normalized spacial score (nSPS) is 11.2. The molecule has 0 aliphatic heterocycles. The number of thioether (sulfide) groups is 1. The highest BCUT2D eigenvalue weighted by molar-refractivity contribution is 7.98. The number of rotatable bonds is 4. The van der Waals surface area contributed by atoms with Crippen molar-refractivity contribution in [1.82, 2.24) is 24.7 Å². The number of aromatic nitrogens is 5. The molecule has 2 N–H and O–H groups in total. The summed E-state index contributed by atoms with van der Waals surface area (Å²) in [6, 6.07) is 13.1. The van der Waals surface area contributed by atoms with E-state index in [-0.39, 0.29) is 5.95 Å². The maximum Gasteiger partial charge on any atom is 0.225 e. The van der Waals surface area contributed by atoms with Gasteiger partial charge in [-0.2, -0.15) is 9.67 Å². The minimum Gasteiger partial charge on any atom is -0.368 e. The quantitative estimate of drug-likeness (QED) is 0.509. The molecule has 0 aliphatic carbocycles. The summed E-state index contributed by atoms with van der Waals surface area (Å²) in [5, 5.41) is 7.05. The van der Waals surface area contributed by atoms with Gasteiger partial charge in [0.2, 0.25) is 11.1 Å². The third-order valence-corrected chi connectivity index (χ3v) is 5.31. The highest BCUT2D eigenvalue weighted by Crippen LogP contribution is 2.31. The summed E-state index contributed by atoms with van der Waals surface area (Å²) in [5.41, 5.74) is 7.70. The SMILES string of the molecule is Nc1nc(SCc2c(Cl)cccc2Cl)nn1-c1ncnc2ccccc12. The summed E-state index contributed by atoms with van der Waals surface area (Å²) >= 11 is 13.8. The molecule has 26 heavy (non-hydrogen) atoms. The molecule has 2 aromatic heterocycles. The fraction of sp³-hybridized carbons (Fsp3) is 0.0588. The fourth-order valence-electron chi connectivity index (χ4n) is 2.49. The van der Waals surface area contributed by atoms with Gasteiger partial charge in [-0.3, -0.25) is 0 Å². The molecule has 2 heterocycles. The van der Waals surface area contributed by atoms with Gasteiger partial charge in [0.25, 0.3) is 0 Å². The molecule has 0 spiro atoms. The van der Waals surface area contributed by atoms with Crippen molar-refractivity contribution in [1.29, 1.82) is 0 Å². The first-order chi connectivity index (χ1) is 12.6. The van der Waals surface area contributed by atoms with E-state index in [1.165, 1.54) is 22.8 Å². The zero-order chi connectivity index (χ0) is 18.1. The lowest BCUT2D eigenvalue weighted by Gasteiger charge is -2.05. The maximum atomic E-state index is 6.21. The predicted octanol–water partition coefficient (Wildman–Crippen LogP) is 4.39. The minimum absolute atomic E-state index is 0.251. The summed E-state index contributed by atoms with van der Waals surface area (Å²) in [6.45, 7) is 0. The molecule has 0 saturated heterocycles. The summed E-state index contributed by atoms with van der Waals surface area (Å²) < 4.78 is 1.51. The van der Waals surface area contributed by atoms with E-state index >= 15 is 0 Å². The number of benzene rings is 2. The first kappa shape index (κ1) is 17.1. The van der Waals surface area contributed by atoms with Crippen LogP contribution in [0.2, 0.25) is 10.0 Å². The van der Waals surface area contributed by atoms with Crippen LogP contribution >= 0.6 is 35.0 Å². The number of hydrogen-bond acceptors (Lipinski definition) is 6. The van der Waals surface area contributed by atoms with Crippen molar-refractivity contribution in [2.45, 2.75) is 10.9 Å². The molecule has 0 atom stereocenters. The number of para-hydroxylation sites is 1. The Hall–Kier alpha value is -2.35. The van der Waals surface area contributed by atoms with Gasteiger partial charge in [-0.15, -0.1) is 5.10 Å². The Balaban J connectivity index is 1.66. The van der Waals surface area contributed by atoms with E-state index in [9.17, 15) is 0 Å². The molecular weight excluding hydrogens is 391 g/mol. The third kappa shape index (κ3) is 3.21. The minimum atomic E-state index is 0.251. The summed E-state index contributed by atoms with van der Waals surface area (Å²) in [4.78, 5) is 12.9. The number of nitrogens with zero attached hydrogens (tertiary/aromatic N) is 5. The molecule has 6 nitrogen and oxygen atoms in total. The van der Waals surface area contributed by atoms with Crippen LogP contribution in [0, 0.1) is 0 Å². The predicted molar refractivity (Wildman–Crippen MR) is 105 cm³/mol. The lowest BCUT2D eigenvalue weighted by atomic mass is 10.2. The van der Waals surface area contributed by atoms with Crippen molar-refractivity contribution >= 4 is 51.8 Å². The van der Waals surface area contributed by atoms with E-state index in [4.69, 9.17) is 28.9 Å². The lowest BCUT2D eigenvalue weighted by molar-refractivity contribution is 0.819. The Labute approximate surface area is 163 Å². The van der Waals surface area contributed by atoms with Crippen LogP contribution in [-0.2, 0) is 5.75 Å². The van der Waals surface area contributed by atoms with Crippen LogP contribution < -0.4 is 5.73 Å². The standard InChI is InChI=1S/C17H12Cl2N6S/c18-12-5-3-6-13(19)11(12)8-26-17-23-16(20)25(24-17)15-10-4-1-2-7-14(10)21-9-22-15/h1-7,9H,8H2,(H2,20,23,24). The second-order valence-corrected chi connectivity index (χ2v) is 7.12. The van der Waals surface area contributed by atoms with Crippen molar-refractivity contribution < 1.29 is 0 Å². The lowest BCUT2D eigenvalue weighted by Crippen LogP contribution is -2.05. The molecule has 0 saturated carbocycles. The number of halogens is 2. The molecular formula is C17H12Cl2N6S. The van der Waals surface area contributed by atoms with E-state index in [2.05, 4.69) is 20.1 Å². The molecule has 0 bridgehead atoms. The zero-order valence-electron chi connectivity index (χ0n) is 13.3. The maximum absolute atomic E-state index is 6.21. The van der Waals surface area contributed by atoms with Gasteiger partial charge < -0.3 is 5.73 Å². The first-order valence-corrected chi connectivity index (χ1v) is 9.36. The van der Waals surface area contributed by atoms with Crippen LogP contribution in [0.4, 0.5) is 5.95 Å². The Morgan fingerprint density at radius 1 is 1.00 bits per heavy atom. The van der Waals surface area contributed by atoms with Crippen LogP contribution in [0.15, 0.2) is 53.9 Å². The van der Waals surface area contributed by atoms with Crippen molar-refractivity contribution in [3.05, 3.63) is 64.4 Å². The molecule has 2 aromatic carbocycles. The van der Waals surface area contributed by atoms with Gasteiger partial charge in [0.15, 0.2) is 5.82 Å². The first-order valence-electron chi connectivity index (χ1n) is 7.62. The van der Waals surface area contributed by atoms with E-state index in [0.29, 0.717) is 26.8 Å². The van der Waals surface area contributed by atoms with Crippen LogP contribution in [0.1, 0.15) is 5.56 Å². The number of anilines is 1. The highest BCUT2D eigenvalue weighted by atomic mass is 35.5. The van der Waals surface area contributed by atoms with E-state index in [1.807, 2.05) is 30.3 Å². The van der Waals surface area contributed by atoms with Crippen molar-refractivity contribution in [3.63, 3.8) is 0 Å². The Kier molecular flexibility index (Phi) is 4.67. The number of hydrogen-bond donors (Lipinski definition) is 1. The molecule has 0 unspecified atom stereocenters. The number of fused-ring (bicyclic) bond motifs is 1. The van der Waals surface area contributed by atoms with Crippen molar-refractivity contribution in [2.24, 2.45) is 0 Å². The second kappa shape index (κ2) is 7.11. The van der Waals surface area contributed by atoms with Crippen molar-refractivity contribution in [3.8, 4) is 5.82 Å². The molecule has 0 amide bonds.